The highest BCUT2D eigenvalue weighted by molar-refractivity contribution is 7.13. The van der Waals surface area contributed by atoms with E-state index in [9.17, 15) is 19.5 Å². The van der Waals surface area contributed by atoms with Crippen LogP contribution in [-0.2, 0) is 55.8 Å². The quantitative estimate of drug-likeness (QED) is 0.0663. The van der Waals surface area contributed by atoms with Gasteiger partial charge in [-0.3, -0.25) is 28.9 Å². The molecule has 0 bridgehead atoms. The van der Waals surface area contributed by atoms with Gasteiger partial charge in [0, 0.05) is 73.4 Å². The van der Waals surface area contributed by atoms with E-state index in [1.807, 2.05) is 68.2 Å². The molecule has 3 saturated heterocycles. The molecular formula is C51H73N5O11S. The molecule has 17 heteroatoms. The number of aliphatic hydroxyl groups excluding tert-OH is 1. The molecular weight excluding hydrogens is 891 g/mol. The van der Waals surface area contributed by atoms with Gasteiger partial charge < -0.3 is 38.4 Å². The Morgan fingerprint density at radius 3 is 2.49 bits per heavy atom. The van der Waals surface area contributed by atoms with Crippen molar-refractivity contribution in [2.45, 2.75) is 161 Å². The number of rotatable bonds is 16. The number of aromatic nitrogens is 3. The number of aryl methyl sites for hydroxylation is 1. The molecule has 0 saturated carbocycles. The number of ketones is 1. The minimum absolute atomic E-state index is 0.111. The fourth-order valence-corrected chi connectivity index (χ4v) is 11.5. The molecule has 0 radical (unpaired) electrons. The van der Waals surface area contributed by atoms with Gasteiger partial charge in [0.25, 0.3) is 0 Å². The number of esters is 2. The summed E-state index contributed by atoms with van der Waals surface area (Å²) < 4.78 is 40.6. The lowest BCUT2D eigenvalue weighted by atomic mass is 9.73. The predicted molar refractivity (Wildman–Crippen MR) is 256 cm³/mol. The van der Waals surface area contributed by atoms with Gasteiger partial charge in [-0.15, -0.1) is 17.9 Å². The molecule has 14 atom stereocenters. The molecule has 16 nitrogen and oxygen atoms in total. The molecule has 3 aliphatic rings. The van der Waals surface area contributed by atoms with Crippen molar-refractivity contribution in [2.75, 3.05) is 27.2 Å². The number of unbranched alkanes of at least 4 members (excludes halogenated alkanes) is 1. The van der Waals surface area contributed by atoms with E-state index >= 15 is 4.79 Å². The number of hydrogen-bond acceptors (Lipinski definition) is 15. The Bertz CT molecular complexity index is 2160. The van der Waals surface area contributed by atoms with Gasteiger partial charge in [0.2, 0.25) is 0 Å². The van der Waals surface area contributed by atoms with Crippen LogP contribution in [0, 0.1) is 23.7 Å². The molecule has 3 aromatic rings. The van der Waals surface area contributed by atoms with Crippen LogP contribution in [0.25, 0.3) is 10.4 Å². The average molecular weight is 964 g/mol. The first-order chi connectivity index (χ1) is 32.3. The first-order valence-electron chi connectivity index (χ1n) is 24.1. The van der Waals surface area contributed by atoms with Gasteiger partial charge in [0.1, 0.15) is 24.1 Å². The fraction of sp³-hybridized carbons (Fsp3) is 0.647. The van der Waals surface area contributed by atoms with Crippen molar-refractivity contribution in [3.63, 3.8) is 0 Å². The van der Waals surface area contributed by atoms with E-state index in [2.05, 4.69) is 22.7 Å². The zero-order chi connectivity index (χ0) is 49.5. The summed E-state index contributed by atoms with van der Waals surface area (Å²) in [5.41, 5.74) is -1.24. The lowest BCUT2D eigenvalue weighted by Gasteiger charge is -2.48. The number of thiophene rings is 1. The van der Waals surface area contributed by atoms with Crippen molar-refractivity contribution in [2.24, 2.45) is 23.7 Å². The summed E-state index contributed by atoms with van der Waals surface area (Å²) in [6.45, 7) is 19.7. The molecule has 374 valence electrons. The minimum Gasteiger partial charge on any atom is -0.461 e. The normalized spacial score (nSPS) is 33.9. The van der Waals surface area contributed by atoms with Crippen molar-refractivity contribution in [1.29, 1.82) is 0 Å². The van der Waals surface area contributed by atoms with Gasteiger partial charge in [-0.25, -0.2) is 4.79 Å². The van der Waals surface area contributed by atoms with Crippen LogP contribution in [0.4, 0.5) is 4.79 Å². The van der Waals surface area contributed by atoms with Gasteiger partial charge in [0.05, 0.1) is 48.1 Å². The van der Waals surface area contributed by atoms with E-state index < -0.39 is 89.7 Å². The summed E-state index contributed by atoms with van der Waals surface area (Å²) >= 11 is 1.65. The molecule has 0 spiro atoms. The van der Waals surface area contributed by atoms with Crippen LogP contribution in [-0.4, -0.2) is 141 Å². The number of pyridine rings is 1. The zero-order valence-electron chi connectivity index (χ0n) is 41.4. The SMILES string of the molecule is C=CCN(C)[C@@H]1C[C@H](C)O[C@H](O[C@@H]2[C@@H](C)[C@H](OC(=O)Cc3ccccn3)[C@@H](C)C(=O)O[C@H](CC)[C@@]3(C)OC(=O)N(CCCCn4cc(-c5cccs5)cn4)[C@@H]3[C@@H](C)C(=O)[C@H](C)C[C@@]2(C)OC)[C@H]1O. The number of nitrogens with zero attached hydrogens (tertiary/aromatic N) is 5. The summed E-state index contributed by atoms with van der Waals surface area (Å²) in [6.07, 6.45) is 2.74. The molecule has 3 aliphatic heterocycles. The van der Waals surface area contributed by atoms with Crippen LogP contribution in [0.2, 0.25) is 0 Å². The van der Waals surface area contributed by atoms with Crippen molar-refractivity contribution in [3.05, 3.63) is 72.7 Å². The van der Waals surface area contributed by atoms with E-state index in [1.54, 1.807) is 74.4 Å². The average Bonchev–Trinajstić information content (AvgIpc) is 4.08. The molecule has 1 N–H and O–H groups in total. The van der Waals surface area contributed by atoms with E-state index in [0.29, 0.717) is 38.0 Å². The Balaban J connectivity index is 1.35. The highest BCUT2D eigenvalue weighted by Gasteiger charge is 2.60. The number of hydrogen-bond donors (Lipinski definition) is 1. The van der Waals surface area contributed by atoms with Gasteiger partial charge in [-0.05, 0) is 90.4 Å². The maximum absolute atomic E-state index is 15.1. The third-order valence-electron chi connectivity index (χ3n) is 14.5. The monoisotopic (exact) mass is 964 g/mol. The van der Waals surface area contributed by atoms with Crippen LogP contribution in [0.5, 0.6) is 0 Å². The van der Waals surface area contributed by atoms with Gasteiger partial charge in [-0.2, -0.15) is 5.10 Å². The third kappa shape index (κ3) is 11.7. The molecule has 0 aromatic carbocycles. The highest BCUT2D eigenvalue weighted by atomic mass is 32.1. The van der Waals surface area contributed by atoms with Gasteiger partial charge in [-0.1, -0.05) is 45.9 Å². The zero-order valence-corrected chi connectivity index (χ0v) is 42.3. The summed E-state index contributed by atoms with van der Waals surface area (Å²) in [4.78, 5) is 66.9. The summed E-state index contributed by atoms with van der Waals surface area (Å²) in [5, 5.41) is 18.5. The van der Waals surface area contributed by atoms with E-state index in [4.69, 9.17) is 28.4 Å². The van der Waals surface area contributed by atoms with E-state index in [1.165, 1.54) is 7.11 Å². The molecule has 6 heterocycles. The van der Waals surface area contributed by atoms with Crippen molar-refractivity contribution in [3.8, 4) is 10.4 Å². The predicted octanol–water partition coefficient (Wildman–Crippen LogP) is 7.13. The number of fused-ring (bicyclic) bond motifs is 1. The first kappa shape index (κ1) is 52.8. The second-order valence-electron chi connectivity index (χ2n) is 19.5. The smallest absolute Gasteiger partial charge is 0.410 e. The first-order valence-corrected chi connectivity index (χ1v) is 25.0. The Kier molecular flexibility index (Phi) is 17.8. The third-order valence-corrected chi connectivity index (χ3v) is 15.4. The van der Waals surface area contributed by atoms with Crippen LogP contribution in [0.15, 0.2) is 67.0 Å². The maximum Gasteiger partial charge on any atom is 0.410 e. The van der Waals surface area contributed by atoms with Crippen LogP contribution < -0.4 is 0 Å². The number of carbonyl (C=O) groups is 4. The molecule has 3 aromatic heterocycles. The largest absolute Gasteiger partial charge is 0.461 e. The second kappa shape index (κ2) is 22.9. The van der Waals surface area contributed by atoms with Crippen molar-refractivity contribution in [1.82, 2.24) is 24.6 Å². The Labute approximate surface area is 405 Å². The number of likely N-dealkylation sites (N-methyl/N-ethyl adjacent to an activating group) is 1. The number of carbonyl (C=O) groups excluding carboxylic acids is 4. The number of Topliss-reactive ketones (excluding diaryl/α,β-unsaturated/α-hetero) is 1. The Morgan fingerprint density at radius 1 is 1.07 bits per heavy atom. The van der Waals surface area contributed by atoms with Gasteiger partial charge >= 0.3 is 18.0 Å². The minimum atomic E-state index is -1.44. The molecule has 0 unspecified atom stereocenters. The molecule has 6 rings (SSSR count). The lowest BCUT2D eigenvalue weighted by molar-refractivity contribution is -0.302. The maximum atomic E-state index is 15.1. The summed E-state index contributed by atoms with van der Waals surface area (Å²) in [7, 11) is 3.42. The Hall–Kier alpha value is -4.52. The van der Waals surface area contributed by atoms with Crippen LogP contribution in [0.1, 0.15) is 93.2 Å². The van der Waals surface area contributed by atoms with Crippen LogP contribution in [0.3, 0.4) is 0 Å². The molecule has 3 fully saturated rings. The van der Waals surface area contributed by atoms with Gasteiger partial charge in [0.15, 0.2) is 11.9 Å². The Morgan fingerprint density at radius 2 is 1.82 bits per heavy atom. The van der Waals surface area contributed by atoms with Crippen molar-refractivity contribution >= 4 is 35.2 Å². The number of aliphatic hydroxyl groups is 1. The number of ether oxygens (including phenoxy) is 6. The highest BCUT2D eigenvalue weighted by Crippen LogP contribution is 2.44. The lowest BCUT2D eigenvalue weighted by Crippen LogP contribution is -2.61. The van der Waals surface area contributed by atoms with E-state index in [-0.39, 0.29) is 43.7 Å². The molecule has 68 heavy (non-hydrogen) atoms. The molecule has 0 aliphatic carbocycles. The van der Waals surface area contributed by atoms with Crippen LogP contribution >= 0.6 is 11.3 Å². The second-order valence-corrected chi connectivity index (χ2v) is 20.5. The topological polar surface area (TPSA) is 181 Å². The summed E-state index contributed by atoms with van der Waals surface area (Å²) in [5.74, 6) is -4.89. The fourth-order valence-electron chi connectivity index (χ4n) is 10.8. The summed E-state index contributed by atoms with van der Waals surface area (Å²) in [6, 6.07) is 8.10. The standard InChI is InChI=1S/C51H73N5O11S/c1-12-22-54(10)38-26-32(4)63-48(43(38)59)66-46-34(6)44(65-41(57)27-37-19-14-15-21-52-37)35(7)47(60)64-40(13-2)51(9)45(33(5)42(58)31(3)28-50(46,8)62-11)56(49(61)67-51)24-17-16-23-55-30-36(29-53-55)39-20-18-25-68-39/h12,14-15,18-21,25,29-35,38,40,43-46,48,59H,1,13,16-17,22-24,26-28H2,2-11H3/t31-,32+,33+,34+,35-,38-,40-,43+,44+,45-,46-,48-,50-,51-/m1/s1. The number of cyclic esters (lactones) is 1. The molecule has 1 amide bonds. The number of amides is 1. The van der Waals surface area contributed by atoms with E-state index in [0.717, 1.165) is 10.4 Å². The number of methoxy groups -OCH3 is 1. The van der Waals surface area contributed by atoms with Crippen molar-refractivity contribution < 1.29 is 52.7 Å².